The van der Waals surface area contributed by atoms with E-state index in [4.69, 9.17) is 0 Å². The Morgan fingerprint density at radius 1 is 1.33 bits per heavy atom. The summed E-state index contributed by atoms with van der Waals surface area (Å²) in [5.41, 5.74) is 1.59. The third kappa shape index (κ3) is 2.06. The quantitative estimate of drug-likeness (QED) is 0.596. The maximum absolute atomic E-state index is 12.3. The van der Waals surface area contributed by atoms with Gasteiger partial charge in [-0.2, -0.15) is 0 Å². The first-order chi connectivity index (χ1) is 5.88. The first-order valence-electron chi connectivity index (χ1n) is 3.84. The van der Waals surface area contributed by atoms with Crippen LogP contribution in [0.5, 0.6) is 0 Å². The average molecular weight is 162 g/mol. The standard InChI is InChI=1S/C11H11F/c1-2-6-11(9-12)10-7-4-3-5-8-10/h2-5,7-9H,1,6H2. The van der Waals surface area contributed by atoms with Crippen molar-refractivity contribution >= 4 is 5.57 Å². The van der Waals surface area contributed by atoms with E-state index in [-0.39, 0.29) is 0 Å². The minimum absolute atomic E-state index is 0.570. The van der Waals surface area contributed by atoms with Gasteiger partial charge in [-0.05, 0) is 17.6 Å². The molecule has 0 fully saturated rings. The molecule has 0 aliphatic heterocycles. The molecule has 0 spiro atoms. The van der Waals surface area contributed by atoms with Gasteiger partial charge in [0.15, 0.2) is 0 Å². The zero-order valence-electron chi connectivity index (χ0n) is 6.83. The van der Waals surface area contributed by atoms with Crippen LogP contribution in [0.3, 0.4) is 0 Å². The highest BCUT2D eigenvalue weighted by Crippen LogP contribution is 2.17. The highest BCUT2D eigenvalue weighted by atomic mass is 19.1. The van der Waals surface area contributed by atoms with Gasteiger partial charge in [-0.1, -0.05) is 36.4 Å². The fourth-order valence-electron chi connectivity index (χ4n) is 1.03. The molecule has 0 N–H and O–H groups in total. The van der Waals surface area contributed by atoms with Crippen molar-refractivity contribution in [2.75, 3.05) is 0 Å². The van der Waals surface area contributed by atoms with Crippen LogP contribution >= 0.6 is 0 Å². The van der Waals surface area contributed by atoms with E-state index in [0.717, 1.165) is 5.56 Å². The van der Waals surface area contributed by atoms with Crippen molar-refractivity contribution in [1.82, 2.24) is 0 Å². The fourth-order valence-corrected chi connectivity index (χ4v) is 1.03. The Labute approximate surface area is 72.0 Å². The van der Waals surface area contributed by atoms with Crippen LogP contribution < -0.4 is 0 Å². The lowest BCUT2D eigenvalue weighted by atomic mass is 10.1. The van der Waals surface area contributed by atoms with Crippen molar-refractivity contribution in [2.24, 2.45) is 0 Å². The number of benzene rings is 1. The number of hydrogen-bond acceptors (Lipinski definition) is 0. The second kappa shape index (κ2) is 4.50. The summed E-state index contributed by atoms with van der Waals surface area (Å²) in [6, 6.07) is 9.46. The Morgan fingerprint density at radius 2 is 2.00 bits per heavy atom. The number of allylic oxidation sites excluding steroid dienone is 2. The number of hydrogen-bond donors (Lipinski definition) is 0. The minimum Gasteiger partial charge on any atom is -0.215 e. The van der Waals surface area contributed by atoms with Crippen molar-refractivity contribution in [2.45, 2.75) is 6.42 Å². The molecule has 0 aromatic heterocycles. The van der Waals surface area contributed by atoms with E-state index in [0.29, 0.717) is 18.3 Å². The smallest absolute Gasteiger partial charge is 0.0908 e. The summed E-state index contributed by atoms with van der Waals surface area (Å²) in [7, 11) is 0. The number of rotatable bonds is 3. The van der Waals surface area contributed by atoms with E-state index in [1.54, 1.807) is 6.08 Å². The van der Waals surface area contributed by atoms with E-state index in [1.807, 2.05) is 30.3 Å². The largest absolute Gasteiger partial charge is 0.215 e. The molecule has 12 heavy (non-hydrogen) atoms. The molecule has 0 radical (unpaired) electrons. The van der Waals surface area contributed by atoms with Crippen LogP contribution in [-0.2, 0) is 0 Å². The van der Waals surface area contributed by atoms with Crippen LogP contribution in [0.15, 0.2) is 49.3 Å². The molecule has 1 aromatic carbocycles. The molecular weight excluding hydrogens is 151 g/mol. The summed E-state index contributed by atoms with van der Waals surface area (Å²) in [6.45, 7) is 3.57. The lowest BCUT2D eigenvalue weighted by molar-refractivity contribution is 0.721. The van der Waals surface area contributed by atoms with Gasteiger partial charge in [-0.15, -0.1) is 6.58 Å². The van der Waals surface area contributed by atoms with Gasteiger partial charge >= 0.3 is 0 Å². The van der Waals surface area contributed by atoms with Crippen LogP contribution in [0.2, 0.25) is 0 Å². The Balaban J connectivity index is 2.88. The molecule has 0 nitrogen and oxygen atoms in total. The molecule has 0 aliphatic carbocycles. The van der Waals surface area contributed by atoms with E-state index in [2.05, 4.69) is 6.58 Å². The fraction of sp³-hybridized carbons (Fsp3) is 0.0909. The molecule has 0 saturated carbocycles. The van der Waals surface area contributed by atoms with Crippen LogP contribution in [0.1, 0.15) is 12.0 Å². The molecule has 0 bridgehead atoms. The maximum Gasteiger partial charge on any atom is 0.0908 e. The summed E-state index contributed by atoms with van der Waals surface area (Å²) >= 11 is 0. The lowest BCUT2D eigenvalue weighted by Crippen LogP contribution is -1.80. The van der Waals surface area contributed by atoms with Gasteiger partial charge in [0.05, 0.1) is 6.33 Å². The summed E-state index contributed by atoms with van der Waals surface area (Å²) in [5.74, 6) is 0. The number of halogens is 1. The Morgan fingerprint density at radius 3 is 2.50 bits per heavy atom. The molecule has 1 heteroatoms. The van der Waals surface area contributed by atoms with E-state index < -0.39 is 0 Å². The van der Waals surface area contributed by atoms with Crippen LogP contribution in [0.25, 0.3) is 5.57 Å². The zero-order chi connectivity index (χ0) is 8.81. The van der Waals surface area contributed by atoms with Crippen molar-refractivity contribution in [3.05, 3.63) is 54.9 Å². The molecule has 0 atom stereocenters. The molecule has 0 heterocycles. The predicted molar refractivity (Wildman–Crippen MR) is 50.3 cm³/mol. The second-order valence-electron chi connectivity index (χ2n) is 2.49. The van der Waals surface area contributed by atoms with E-state index in [1.165, 1.54) is 0 Å². The van der Waals surface area contributed by atoms with Gasteiger partial charge in [0.1, 0.15) is 0 Å². The Bertz CT molecular complexity index is 272. The van der Waals surface area contributed by atoms with Crippen LogP contribution in [0, 0.1) is 0 Å². The highest BCUT2D eigenvalue weighted by molar-refractivity contribution is 5.65. The first kappa shape index (κ1) is 8.72. The van der Waals surface area contributed by atoms with Crippen molar-refractivity contribution in [3.63, 3.8) is 0 Å². The van der Waals surface area contributed by atoms with Crippen molar-refractivity contribution < 1.29 is 4.39 Å². The summed E-state index contributed by atoms with van der Waals surface area (Å²) < 4.78 is 12.3. The monoisotopic (exact) mass is 162 g/mol. The van der Waals surface area contributed by atoms with E-state index in [9.17, 15) is 4.39 Å². The molecule has 0 saturated heterocycles. The predicted octanol–water partition coefficient (Wildman–Crippen LogP) is 3.57. The van der Waals surface area contributed by atoms with Crippen LogP contribution in [0.4, 0.5) is 4.39 Å². The minimum atomic E-state index is 0.570. The molecule has 0 unspecified atom stereocenters. The third-order valence-electron chi connectivity index (χ3n) is 1.64. The Kier molecular flexibility index (Phi) is 3.27. The second-order valence-corrected chi connectivity index (χ2v) is 2.49. The molecule has 0 amide bonds. The molecular formula is C11H11F. The SMILES string of the molecule is C=CCC(=CF)c1ccccc1. The van der Waals surface area contributed by atoms with Crippen molar-refractivity contribution in [1.29, 1.82) is 0 Å². The maximum atomic E-state index is 12.3. The zero-order valence-corrected chi connectivity index (χ0v) is 6.83. The topological polar surface area (TPSA) is 0 Å². The summed E-state index contributed by atoms with van der Waals surface area (Å²) in [6.07, 6.45) is 2.90. The van der Waals surface area contributed by atoms with Gasteiger partial charge in [0.2, 0.25) is 0 Å². The van der Waals surface area contributed by atoms with Gasteiger partial charge in [0, 0.05) is 0 Å². The van der Waals surface area contributed by atoms with Gasteiger partial charge in [-0.25, -0.2) is 4.39 Å². The van der Waals surface area contributed by atoms with Gasteiger partial charge < -0.3 is 0 Å². The average Bonchev–Trinajstić information content (AvgIpc) is 2.15. The highest BCUT2D eigenvalue weighted by Gasteiger charge is 1.97. The molecule has 1 rings (SSSR count). The molecule has 62 valence electrons. The molecule has 1 aromatic rings. The normalized spacial score (nSPS) is 11.2. The first-order valence-corrected chi connectivity index (χ1v) is 3.84. The summed E-state index contributed by atoms with van der Waals surface area (Å²) in [4.78, 5) is 0. The third-order valence-corrected chi connectivity index (χ3v) is 1.64. The summed E-state index contributed by atoms with van der Waals surface area (Å²) in [5, 5.41) is 0. The van der Waals surface area contributed by atoms with Crippen molar-refractivity contribution in [3.8, 4) is 0 Å². The van der Waals surface area contributed by atoms with Gasteiger partial charge in [-0.3, -0.25) is 0 Å². The van der Waals surface area contributed by atoms with Crippen LogP contribution in [-0.4, -0.2) is 0 Å². The Hall–Kier alpha value is -1.37. The van der Waals surface area contributed by atoms with E-state index >= 15 is 0 Å². The molecule has 0 aliphatic rings. The van der Waals surface area contributed by atoms with Gasteiger partial charge in [0.25, 0.3) is 0 Å². The lowest BCUT2D eigenvalue weighted by Gasteiger charge is -2.00.